The van der Waals surface area contributed by atoms with Crippen LogP contribution in [0.3, 0.4) is 0 Å². The Balaban J connectivity index is 1.69. The molecule has 1 saturated heterocycles. The van der Waals surface area contributed by atoms with Crippen LogP contribution in [0, 0.1) is 11.5 Å². The van der Waals surface area contributed by atoms with Crippen molar-refractivity contribution in [3.63, 3.8) is 0 Å². The highest BCUT2D eigenvalue weighted by Gasteiger charge is 2.22. The second-order valence-electron chi connectivity index (χ2n) is 4.50. The van der Waals surface area contributed by atoms with Crippen LogP contribution < -0.4 is 10.5 Å². The van der Waals surface area contributed by atoms with Crippen LogP contribution in [0.1, 0.15) is 25.7 Å². The van der Waals surface area contributed by atoms with E-state index in [1.54, 1.807) is 18.3 Å². The van der Waals surface area contributed by atoms with Crippen LogP contribution >= 0.6 is 0 Å². The monoisotopic (exact) mass is 246 g/mol. The average molecular weight is 246 g/mol. The van der Waals surface area contributed by atoms with Gasteiger partial charge in [-0.05, 0) is 31.7 Å². The molecule has 1 aliphatic heterocycles. The van der Waals surface area contributed by atoms with E-state index in [4.69, 9.17) is 15.7 Å². The van der Waals surface area contributed by atoms with Gasteiger partial charge in [-0.3, -0.25) is 0 Å². The maximum absolute atomic E-state index is 8.93. The van der Waals surface area contributed by atoms with Crippen molar-refractivity contribution in [3.8, 4) is 11.9 Å². The highest BCUT2D eigenvalue weighted by atomic mass is 16.5. The van der Waals surface area contributed by atoms with Crippen LogP contribution in [0.5, 0.6) is 5.75 Å². The predicted molar refractivity (Wildman–Crippen MR) is 68.7 cm³/mol. The van der Waals surface area contributed by atoms with Gasteiger partial charge in [-0.15, -0.1) is 0 Å². The van der Waals surface area contributed by atoms with Gasteiger partial charge in [-0.1, -0.05) is 0 Å². The SMILES string of the molecule is N#CN1CCCC1CCCOc1ccnc(N)c1. The summed E-state index contributed by atoms with van der Waals surface area (Å²) in [6, 6.07) is 3.92. The molecule has 1 atom stereocenters. The molecule has 0 spiro atoms. The zero-order valence-electron chi connectivity index (χ0n) is 10.4. The Morgan fingerprint density at radius 3 is 3.28 bits per heavy atom. The summed E-state index contributed by atoms with van der Waals surface area (Å²) in [5.74, 6) is 1.23. The van der Waals surface area contributed by atoms with Crippen molar-refractivity contribution in [1.29, 1.82) is 5.26 Å². The van der Waals surface area contributed by atoms with Crippen LogP contribution in [0.4, 0.5) is 5.82 Å². The van der Waals surface area contributed by atoms with E-state index in [1.807, 2.05) is 4.90 Å². The van der Waals surface area contributed by atoms with Gasteiger partial charge in [0.05, 0.1) is 6.61 Å². The molecule has 1 aromatic heterocycles. The molecular weight excluding hydrogens is 228 g/mol. The number of nitrogens with zero attached hydrogens (tertiary/aromatic N) is 3. The lowest BCUT2D eigenvalue weighted by atomic mass is 10.1. The average Bonchev–Trinajstić information content (AvgIpc) is 2.82. The molecule has 18 heavy (non-hydrogen) atoms. The number of aromatic nitrogens is 1. The number of anilines is 1. The van der Waals surface area contributed by atoms with E-state index in [2.05, 4.69) is 11.2 Å². The quantitative estimate of drug-likeness (QED) is 0.633. The maximum Gasteiger partial charge on any atom is 0.179 e. The van der Waals surface area contributed by atoms with Crippen molar-refractivity contribution >= 4 is 5.82 Å². The summed E-state index contributed by atoms with van der Waals surface area (Å²) in [4.78, 5) is 5.79. The van der Waals surface area contributed by atoms with Crippen molar-refractivity contribution in [2.24, 2.45) is 0 Å². The Hall–Kier alpha value is -1.96. The first kappa shape index (κ1) is 12.5. The number of ether oxygens (including phenoxy) is 1. The van der Waals surface area contributed by atoms with Crippen molar-refractivity contribution < 1.29 is 4.74 Å². The van der Waals surface area contributed by atoms with Gasteiger partial charge in [0, 0.05) is 24.8 Å². The molecule has 2 N–H and O–H groups in total. The number of hydrogen-bond donors (Lipinski definition) is 1. The highest BCUT2D eigenvalue weighted by Crippen LogP contribution is 2.20. The third-order valence-electron chi connectivity index (χ3n) is 3.21. The van der Waals surface area contributed by atoms with E-state index < -0.39 is 0 Å². The van der Waals surface area contributed by atoms with Crippen molar-refractivity contribution in [2.75, 3.05) is 18.9 Å². The van der Waals surface area contributed by atoms with E-state index in [9.17, 15) is 0 Å². The van der Waals surface area contributed by atoms with E-state index in [0.717, 1.165) is 38.0 Å². The summed E-state index contributed by atoms with van der Waals surface area (Å²) in [5, 5.41) is 8.93. The fourth-order valence-electron chi connectivity index (χ4n) is 2.29. The smallest absolute Gasteiger partial charge is 0.179 e. The van der Waals surface area contributed by atoms with Crippen molar-refractivity contribution in [2.45, 2.75) is 31.7 Å². The summed E-state index contributed by atoms with van der Waals surface area (Å²) in [6.07, 6.45) is 8.09. The normalized spacial score (nSPS) is 18.6. The molecule has 1 unspecified atom stereocenters. The minimum Gasteiger partial charge on any atom is -0.493 e. The van der Waals surface area contributed by atoms with E-state index >= 15 is 0 Å². The topological polar surface area (TPSA) is 75.2 Å². The first-order chi connectivity index (χ1) is 8.79. The van der Waals surface area contributed by atoms with Gasteiger partial charge in [0.25, 0.3) is 0 Å². The predicted octanol–water partition coefficient (Wildman–Crippen LogP) is 1.77. The van der Waals surface area contributed by atoms with Crippen molar-refractivity contribution in [3.05, 3.63) is 18.3 Å². The fraction of sp³-hybridized carbons (Fsp3) is 0.538. The Morgan fingerprint density at radius 2 is 2.50 bits per heavy atom. The second kappa shape index (κ2) is 6.10. The molecule has 0 saturated carbocycles. The van der Waals surface area contributed by atoms with E-state index in [0.29, 0.717) is 18.5 Å². The molecule has 96 valence electrons. The van der Waals surface area contributed by atoms with E-state index in [-0.39, 0.29) is 0 Å². The van der Waals surface area contributed by atoms with Crippen LogP contribution in [-0.4, -0.2) is 29.1 Å². The third kappa shape index (κ3) is 3.27. The Labute approximate surface area is 107 Å². The molecular formula is C13H18N4O. The maximum atomic E-state index is 8.93. The summed E-state index contributed by atoms with van der Waals surface area (Å²) in [6.45, 7) is 1.56. The summed E-state index contributed by atoms with van der Waals surface area (Å²) >= 11 is 0. The van der Waals surface area contributed by atoms with Gasteiger partial charge < -0.3 is 15.4 Å². The molecule has 0 aliphatic carbocycles. The zero-order chi connectivity index (χ0) is 12.8. The largest absolute Gasteiger partial charge is 0.493 e. The first-order valence-electron chi connectivity index (χ1n) is 6.30. The van der Waals surface area contributed by atoms with Gasteiger partial charge in [-0.2, -0.15) is 5.26 Å². The Morgan fingerprint density at radius 1 is 1.61 bits per heavy atom. The molecule has 5 heteroatoms. The number of nitrogens with two attached hydrogens (primary N) is 1. The van der Waals surface area contributed by atoms with Crippen molar-refractivity contribution in [1.82, 2.24) is 9.88 Å². The lowest BCUT2D eigenvalue weighted by Gasteiger charge is -2.17. The zero-order valence-corrected chi connectivity index (χ0v) is 10.4. The molecule has 1 fully saturated rings. The molecule has 0 amide bonds. The molecule has 1 aromatic rings. The van der Waals surface area contributed by atoms with Gasteiger partial charge in [0.2, 0.25) is 0 Å². The first-order valence-corrected chi connectivity index (χ1v) is 6.30. The molecule has 0 radical (unpaired) electrons. The Kier molecular flexibility index (Phi) is 4.24. The minimum absolute atomic E-state index is 0.404. The lowest BCUT2D eigenvalue weighted by Crippen LogP contribution is -2.24. The van der Waals surface area contributed by atoms with Gasteiger partial charge in [-0.25, -0.2) is 4.98 Å². The Bertz CT molecular complexity index is 429. The lowest BCUT2D eigenvalue weighted by molar-refractivity contribution is 0.274. The standard InChI is InChI=1S/C13H18N4O/c14-10-17-7-1-3-11(17)4-2-8-18-12-5-6-16-13(15)9-12/h5-6,9,11H,1-4,7-8H2,(H2,15,16). The van der Waals surface area contributed by atoms with Crippen LogP contribution in [0.25, 0.3) is 0 Å². The second-order valence-corrected chi connectivity index (χ2v) is 4.50. The summed E-state index contributed by atoms with van der Waals surface area (Å²) < 4.78 is 5.59. The van der Waals surface area contributed by atoms with Gasteiger partial charge in [0.1, 0.15) is 11.6 Å². The van der Waals surface area contributed by atoms with Gasteiger partial charge >= 0.3 is 0 Å². The molecule has 0 bridgehead atoms. The van der Waals surface area contributed by atoms with E-state index in [1.165, 1.54) is 0 Å². The number of nitriles is 1. The molecule has 5 nitrogen and oxygen atoms in total. The number of nitrogen functional groups attached to an aromatic ring is 1. The van der Waals surface area contributed by atoms with Gasteiger partial charge in [0.15, 0.2) is 6.19 Å². The third-order valence-corrected chi connectivity index (χ3v) is 3.21. The van der Waals surface area contributed by atoms with Crippen LogP contribution in [-0.2, 0) is 0 Å². The highest BCUT2D eigenvalue weighted by molar-refractivity contribution is 5.35. The number of pyridine rings is 1. The fourth-order valence-corrected chi connectivity index (χ4v) is 2.29. The summed E-state index contributed by atoms with van der Waals surface area (Å²) in [7, 11) is 0. The summed E-state index contributed by atoms with van der Waals surface area (Å²) in [5.41, 5.74) is 5.56. The number of likely N-dealkylation sites (tertiary alicyclic amines) is 1. The molecule has 2 heterocycles. The minimum atomic E-state index is 0.404. The van der Waals surface area contributed by atoms with Crippen LogP contribution in [0.15, 0.2) is 18.3 Å². The number of hydrogen-bond acceptors (Lipinski definition) is 5. The molecule has 0 aromatic carbocycles. The number of rotatable bonds is 5. The molecule has 2 rings (SSSR count). The molecule has 1 aliphatic rings. The van der Waals surface area contributed by atoms with Crippen LogP contribution in [0.2, 0.25) is 0 Å².